The lowest BCUT2D eigenvalue weighted by molar-refractivity contribution is -0.142. The Morgan fingerprint density at radius 3 is 2.68 bits per heavy atom. The van der Waals surface area contributed by atoms with E-state index in [0.29, 0.717) is 6.61 Å². The molecule has 0 spiro atoms. The number of carbonyl (C=O) groups is 1. The number of halogens is 1. The molecule has 1 heterocycles. The Morgan fingerprint density at radius 2 is 2.05 bits per heavy atom. The minimum Gasteiger partial charge on any atom is -0.376 e. The third-order valence-electron chi connectivity index (χ3n) is 2.52. The average molecular weight is 289 g/mol. The Kier molecular flexibility index (Phi) is 4.13. The third kappa shape index (κ3) is 3.49. The van der Waals surface area contributed by atoms with Gasteiger partial charge >= 0.3 is 10.2 Å². The van der Waals surface area contributed by atoms with Crippen LogP contribution in [0.3, 0.4) is 0 Å². The highest BCUT2D eigenvalue weighted by Gasteiger charge is 2.25. The van der Waals surface area contributed by atoms with Crippen LogP contribution in [0.2, 0.25) is 0 Å². The molecule has 1 aliphatic heterocycles. The molecule has 104 valence electrons. The molecule has 1 amide bonds. The zero-order valence-corrected chi connectivity index (χ0v) is 10.7. The van der Waals surface area contributed by atoms with E-state index >= 15 is 0 Å². The Hall–Kier alpha value is -1.51. The number of anilines is 1. The molecule has 1 fully saturated rings. The Labute approximate surface area is 109 Å². The molecule has 1 aromatic rings. The second-order valence-corrected chi connectivity index (χ2v) is 5.17. The highest BCUT2D eigenvalue weighted by atomic mass is 32.3. The Morgan fingerprint density at radius 1 is 1.32 bits per heavy atom. The van der Waals surface area contributed by atoms with Crippen molar-refractivity contribution in [2.45, 2.75) is 11.0 Å². The van der Waals surface area contributed by atoms with Crippen molar-refractivity contribution in [3.63, 3.8) is 0 Å². The second kappa shape index (κ2) is 5.64. The summed E-state index contributed by atoms with van der Waals surface area (Å²) < 4.78 is 45.1. The van der Waals surface area contributed by atoms with Crippen molar-refractivity contribution in [2.24, 2.45) is 0 Å². The highest BCUT2D eigenvalue weighted by Crippen LogP contribution is 2.23. The number of ether oxygens (including phenoxy) is 2. The van der Waals surface area contributed by atoms with Crippen LogP contribution in [0.1, 0.15) is 0 Å². The smallest absolute Gasteiger partial charge is 0.334 e. The van der Waals surface area contributed by atoms with Gasteiger partial charge in [-0.2, -0.15) is 8.42 Å². The van der Waals surface area contributed by atoms with Crippen molar-refractivity contribution in [1.82, 2.24) is 0 Å². The fraction of sp³-hybridized carbons (Fsp3) is 0.364. The zero-order chi connectivity index (χ0) is 13.9. The molecule has 0 radical (unpaired) electrons. The van der Waals surface area contributed by atoms with Gasteiger partial charge in [-0.05, 0) is 12.1 Å². The highest BCUT2D eigenvalue weighted by molar-refractivity contribution is 7.86. The molecule has 1 saturated heterocycles. The van der Waals surface area contributed by atoms with E-state index in [0.717, 1.165) is 6.07 Å². The first kappa shape index (κ1) is 13.9. The van der Waals surface area contributed by atoms with E-state index in [4.69, 9.17) is 9.47 Å². The van der Waals surface area contributed by atoms with Gasteiger partial charge in [0, 0.05) is 0 Å². The summed E-state index contributed by atoms with van der Waals surface area (Å²) in [5, 5.41) is 2.32. The lowest BCUT2D eigenvalue weighted by Gasteiger charge is -2.22. The molecule has 1 N–H and O–H groups in total. The molecule has 0 aromatic heterocycles. The molecule has 0 bridgehead atoms. The van der Waals surface area contributed by atoms with Crippen LogP contribution in [0.4, 0.5) is 9.57 Å². The number of para-hydroxylation sites is 1. The SMILES string of the molecule is O=C(Nc1ccccc1S(=O)(=O)F)C1COCCO1. The minimum absolute atomic E-state index is 0.0797. The van der Waals surface area contributed by atoms with Crippen molar-refractivity contribution in [3.8, 4) is 0 Å². The van der Waals surface area contributed by atoms with E-state index in [1.165, 1.54) is 18.2 Å². The van der Waals surface area contributed by atoms with Crippen molar-refractivity contribution in [1.29, 1.82) is 0 Å². The summed E-state index contributed by atoms with van der Waals surface area (Å²) in [5.41, 5.74) is -0.121. The van der Waals surface area contributed by atoms with Crippen molar-refractivity contribution in [2.75, 3.05) is 25.1 Å². The van der Waals surface area contributed by atoms with Crippen LogP contribution in [0, 0.1) is 0 Å². The van der Waals surface area contributed by atoms with Crippen molar-refractivity contribution in [3.05, 3.63) is 24.3 Å². The van der Waals surface area contributed by atoms with Gasteiger partial charge in [-0.1, -0.05) is 12.1 Å². The molecule has 1 atom stereocenters. The molecule has 1 unspecified atom stereocenters. The zero-order valence-electron chi connectivity index (χ0n) is 9.84. The molecule has 0 aliphatic carbocycles. The summed E-state index contributed by atoms with van der Waals surface area (Å²) >= 11 is 0. The van der Waals surface area contributed by atoms with E-state index < -0.39 is 27.1 Å². The summed E-state index contributed by atoms with van der Waals surface area (Å²) in [6.45, 7) is 0.761. The number of hydrogen-bond acceptors (Lipinski definition) is 5. The monoisotopic (exact) mass is 289 g/mol. The van der Waals surface area contributed by atoms with E-state index in [2.05, 4.69) is 5.32 Å². The summed E-state index contributed by atoms with van der Waals surface area (Å²) in [4.78, 5) is 11.2. The number of hydrogen-bond donors (Lipinski definition) is 1. The largest absolute Gasteiger partial charge is 0.376 e. The van der Waals surface area contributed by atoms with Gasteiger partial charge in [0.2, 0.25) is 0 Å². The van der Waals surface area contributed by atoms with Crippen LogP contribution in [0.15, 0.2) is 29.2 Å². The maximum Gasteiger partial charge on any atom is 0.334 e. The molecule has 0 saturated carbocycles. The second-order valence-electron chi connectivity index (χ2n) is 3.86. The number of carbonyl (C=O) groups excluding carboxylic acids is 1. The molecule has 2 rings (SSSR count). The summed E-state index contributed by atoms with van der Waals surface area (Å²) in [6.07, 6.45) is -0.830. The van der Waals surface area contributed by atoms with E-state index in [1.807, 2.05) is 0 Å². The predicted molar refractivity (Wildman–Crippen MR) is 63.9 cm³/mol. The fourth-order valence-corrected chi connectivity index (χ4v) is 2.26. The van der Waals surface area contributed by atoms with Gasteiger partial charge in [0.25, 0.3) is 5.91 Å². The van der Waals surface area contributed by atoms with Gasteiger partial charge in [-0.15, -0.1) is 3.89 Å². The first-order valence-electron chi connectivity index (χ1n) is 5.52. The lowest BCUT2D eigenvalue weighted by Crippen LogP contribution is -2.39. The normalized spacial score (nSPS) is 19.9. The van der Waals surface area contributed by atoms with Crippen molar-refractivity contribution >= 4 is 21.8 Å². The van der Waals surface area contributed by atoms with Gasteiger partial charge in [0.1, 0.15) is 4.90 Å². The summed E-state index contributed by atoms with van der Waals surface area (Å²) in [7, 11) is -4.90. The van der Waals surface area contributed by atoms with E-state index in [1.54, 1.807) is 0 Å². The van der Waals surface area contributed by atoms with Crippen LogP contribution < -0.4 is 5.32 Å². The molecule has 8 heteroatoms. The minimum atomic E-state index is -4.90. The first-order valence-corrected chi connectivity index (χ1v) is 6.91. The van der Waals surface area contributed by atoms with Crippen LogP contribution >= 0.6 is 0 Å². The van der Waals surface area contributed by atoms with Gasteiger partial charge < -0.3 is 14.8 Å². The maximum atomic E-state index is 13.0. The lowest BCUT2D eigenvalue weighted by atomic mass is 10.3. The first-order chi connectivity index (χ1) is 8.98. The van der Waals surface area contributed by atoms with Gasteiger partial charge in [0.15, 0.2) is 6.10 Å². The third-order valence-corrected chi connectivity index (χ3v) is 3.40. The topological polar surface area (TPSA) is 81.7 Å². The van der Waals surface area contributed by atoms with Crippen LogP contribution in [-0.4, -0.2) is 40.2 Å². The van der Waals surface area contributed by atoms with E-state index in [-0.39, 0.29) is 18.9 Å². The maximum absolute atomic E-state index is 13.0. The molecule has 1 aliphatic rings. The number of amides is 1. The van der Waals surface area contributed by atoms with Gasteiger partial charge in [-0.3, -0.25) is 4.79 Å². The number of nitrogens with one attached hydrogen (secondary N) is 1. The standard InChI is InChI=1S/C11H12FNO5S/c12-19(15,16)10-4-2-1-3-8(10)13-11(14)9-7-17-5-6-18-9/h1-4,9H,5-7H2,(H,13,14). The van der Waals surface area contributed by atoms with E-state index in [9.17, 15) is 17.1 Å². The molecule has 6 nitrogen and oxygen atoms in total. The van der Waals surface area contributed by atoms with Gasteiger partial charge in [-0.25, -0.2) is 0 Å². The average Bonchev–Trinajstić information content (AvgIpc) is 2.39. The summed E-state index contributed by atoms with van der Waals surface area (Å²) in [6, 6.07) is 5.22. The van der Waals surface area contributed by atoms with Crippen molar-refractivity contribution < 1.29 is 26.6 Å². The van der Waals surface area contributed by atoms with Crippen LogP contribution in [0.5, 0.6) is 0 Å². The Bertz CT molecular complexity index is 568. The predicted octanol–water partition coefficient (Wildman–Crippen LogP) is 0.699. The summed E-state index contributed by atoms with van der Waals surface area (Å²) in [5.74, 6) is -0.573. The fourth-order valence-electron chi connectivity index (χ4n) is 1.63. The molecule has 1 aromatic carbocycles. The Balaban J connectivity index is 2.17. The quantitative estimate of drug-likeness (QED) is 0.828. The van der Waals surface area contributed by atoms with Gasteiger partial charge in [0.05, 0.1) is 25.5 Å². The number of benzene rings is 1. The molecule has 19 heavy (non-hydrogen) atoms. The van der Waals surface area contributed by atoms with Crippen LogP contribution in [0.25, 0.3) is 0 Å². The molecular formula is C11H12FNO5S. The molecular weight excluding hydrogens is 277 g/mol. The number of rotatable bonds is 3. The van der Waals surface area contributed by atoms with Crippen LogP contribution in [-0.2, 0) is 24.5 Å².